The van der Waals surface area contributed by atoms with Crippen LogP contribution in [0, 0.1) is 5.41 Å². The van der Waals surface area contributed by atoms with E-state index < -0.39 is 18.1 Å². The SMILES string of the molecule is CC12COC([C@H](Cc3ccccc3)NC(=O)OCc3ccccc3)(OC1)OC2. The summed E-state index contributed by atoms with van der Waals surface area (Å²) >= 11 is 0. The first-order chi connectivity index (χ1) is 13.6. The van der Waals surface area contributed by atoms with Gasteiger partial charge < -0.3 is 24.3 Å². The summed E-state index contributed by atoms with van der Waals surface area (Å²) in [6.07, 6.45) is -0.0354. The second-order valence-corrected chi connectivity index (χ2v) is 7.73. The van der Waals surface area contributed by atoms with Crippen LogP contribution in [0.1, 0.15) is 18.1 Å². The number of benzene rings is 2. The molecule has 3 aliphatic rings. The minimum absolute atomic E-state index is 0.146. The standard InChI is InChI=1S/C22H25NO5/c1-21-14-26-22(27-15-21,28-16-21)19(12-17-8-4-2-5-9-17)23-20(24)25-13-18-10-6-3-7-11-18/h2-11,19H,12-16H2,1H3,(H,23,24)/t19-,21?,22?/m0/s1. The van der Waals surface area contributed by atoms with Crippen LogP contribution in [0.15, 0.2) is 60.7 Å². The molecule has 0 aromatic heterocycles. The molecule has 0 spiro atoms. The Labute approximate surface area is 164 Å². The minimum atomic E-state index is -1.29. The van der Waals surface area contributed by atoms with Gasteiger partial charge in [-0.05, 0) is 11.1 Å². The summed E-state index contributed by atoms with van der Waals surface area (Å²) < 4.78 is 23.2. The maximum Gasteiger partial charge on any atom is 0.407 e. The maximum atomic E-state index is 12.5. The van der Waals surface area contributed by atoms with Gasteiger partial charge in [0.25, 0.3) is 0 Å². The summed E-state index contributed by atoms with van der Waals surface area (Å²) in [5, 5.41) is 2.90. The Balaban J connectivity index is 1.46. The molecule has 2 aromatic carbocycles. The van der Waals surface area contributed by atoms with E-state index in [9.17, 15) is 4.79 Å². The van der Waals surface area contributed by atoms with Gasteiger partial charge in [0.2, 0.25) is 0 Å². The average Bonchev–Trinajstić information content (AvgIpc) is 2.74. The second-order valence-electron chi connectivity index (χ2n) is 7.73. The van der Waals surface area contributed by atoms with E-state index in [0.717, 1.165) is 11.1 Å². The van der Waals surface area contributed by atoms with Gasteiger partial charge in [0, 0.05) is 11.8 Å². The van der Waals surface area contributed by atoms with Crippen LogP contribution in [0.4, 0.5) is 4.79 Å². The van der Waals surface area contributed by atoms with Gasteiger partial charge in [-0.2, -0.15) is 0 Å². The number of carbonyl (C=O) groups is 1. The molecule has 2 aromatic rings. The van der Waals surface area contributed by atoms with E-state index in [0.29, 0.717) is 26.2 Å². The van der Waals surface area contributed by atoms with E-state index >= 15 is 0 Å². The number of carbonyl (C=O) groups excluding carboxylic acids is 1. The highest BCUT2D eigenvalue weighted by Crippen LogP contribution is 2.40. The van der Waals surface area contributed by atoms with Gasteiger partial charge in [-0.1, -0.05) is 67.6 Å². The Kier molecular flexibility index (Phi) is 5.35. The van der Waals surface area contributed by atoms with Gasteiger partial charge in [0.1, 0.15) is 12.6 Å². The van der Waals surface area contributed by atoms with Gasteiger partial charge >= 0.3 is 12.1 Å². The van der Waals surface area contributed by atoms with Crippen molar-refractivity contribution in [1.29, 1.82) is 0 Å². The Bertz CT molecular complexity index is 771. The maximum absolute atomic E-state index is 12.5. The lowest BCUT2D eigenvalue weighted by molar-refractivity contribution is -0.473. The van der Waals surface area contributed by atoms with Crippen molar-refractivity contribution >= 4 is 6.09 Å². The molecule has 148 valence electrons. The van der Waals surface area contributed by atoms with Crippen molar-refractivity contribution in [2.24, 2.45) is 5.41 Å². The predicted octanol–water partition coefficient (Wildman–Crippen LogP) is 3.26. The number of hydrogen-bond acceptors (Lipinski definition) is 5. The Morgan fingerprint density at radius 3 is 2.07 bits per heavy atom. The zero-order valence-electron chi connectivity index (χ0n) is 15.9. The average molecular weight is 383 g/mol. The van der Waals surface area contributed by atoms with Crippen LogP contribution in [0.5, 0.6) is 0 Å². The van der Waals surface area contributed by atoms with E-state index in [1.165, 1.54) is 0 Å². The number of rotatable bonds is 6. The van der Waals surface area contributed by atoms with Crippen molar-refractivity contribution in [3.05, 3.63) is 71.8 Å². The summed E-state index contributed by atoms with van der Waals surface area (Å²) in [7, 11) is 0. The van der Waals surface area contributed by atoms with Crippen LogP contribution in [-0.2, 0) is 32.0 Å². The van der Waals surface area contributed by atoms with Gasteiger partial charge in [-0.25, -0.2) is 4.79 Å². The molecular formula is C22H25NO5. The number of hydrogen-bond donors (Lipinski definition) is 1. The predicted molar refractivity (Wildman–Crippen MR) is 102 cm³/mol. The molecule has 2 bridgehead atoms. The summed E-state index contributed by atoms with van der Waals surface area (Å²) in [4.78, 5) is 12.5. The Hall–Kier alpha value is -2.41. The Morgan fingerprint density at radius 2 is 1.50 bits per heavy atom. The summed E-state index contributed by atoms with van der Waals surface area (Å²) in [6.45, 7) is 3.83. The third-order valence-corrected chi connectivity index (χ3v) is 5.08. The van der Waals surface area contributed by atoms with Gasteiger partial charge in [-0.15, -0.1) is 0 Å². The molecule has 0 saturated carbocycles. The van der Waals surface area contributed by atoms with Gasteiger partial charge in [0.05, 0.1) is 19.8 Å². The molecule has 0 radical (unpaired) electrons. The highest BCUT2D eigenvalue weighted by atomic mass is 16.9. The quantitative estimate of drug-likeness (QED) is 0.829. The highest BCUT2D eigenvalue weighted by Gasteiger charge is 2.55. The monoisotopic (exact) mass is 383 g/mol. The van der Waals surface area contributed by atoms with Crippen LogP contribution in [-0.4, -0.2) is 37.9 Å². The third kappa shape index (κ3) is 4.19. The molecule has 28 heavy (non-hydrogen) atoms. The van der Waals surface area contributed by atoms with Crippen molar-refractivity contribution in [3.63, 3.8) is 0 Å². The summed E-state index contributed by atoms with van der Waals surface area (Å²) in [6, 6.07) is 18.9. The largest absolute Gasteiger partial charge is 0.445 e. The van der Waals surface area contributed by atoms with Crippen LogP contribution < -0.4 is 5.32 Å². The lowest BCUT2D eigenvalue weighted by Gasteiger charge is -2.52. The number of amides is 1. The van der Waals surface area contributed by atoms with Gasteiger partial charge in [0.15, 0.2) is 0 Å². The van der Waals surface area contributed by atoms with Crippen molar-refractivity contribution in [2.75, 3.05) is 19.8 Å². The molecule has 5 rings (SSSR count). The van der Waals surface area contributed by atoms with Crippen LogP contribution >= 0.6 is 0 Å². The molecule has 3 saturated heterocycles. The van der Waals surface area contributed by atoms with Crippen LogP contribution in [0.25, 0.3) is 0 Å². The molecular weight excluding hydrogens is 358 g/mol. The lowest BCUT2D eigenvalue weighted by Crippen LogP contribution is -2.67. The van der Waals surface area contributed by atoms with E-state index in [-0.39, 0.29) is 12.0 Å². The zero-order chi connectivity index (χ0) is 19.5. The molecule has 1 N–H and O–H groups in total. The van der Waals surface area contributed by atoms with E-state index in [2.05, 4.69) is 12.2 Å². The summed E-state index contributed by atoms with van der Waals surface area (Å²) in [5.74, 6) is -1.29. The van der Waals surface area contributed by atoms with Crippen molar-refractivity contribution in [2.45, 2.75) is 32.0 Å². The molecule has 3 aliphatic heterocycles. The molecule has 6 nitrogen and oxygen atoms in total. The molecule has 0 aliphatic carbocycles. The van der Waals surface area contributed by atoms with Crippen LogP contribution in [0.3, 0.4) is 0 Å². The molecule has 6 heteroatoms. The number of fused-ring (bicyclic) bond motifs is 3. The highest BCUT2D eigenvalue weighted by molar-refractivity contribution is 5.67. The molecule has 1 atom stereocenters. The molecule has 3 fully saturated rings. The van der Waals surface area contributed by atoms with E-state index in [4.69, 9.17) is 18.9 Å². The second kappa shape index (κ2) is 7.91. The minimum Gasteiger partial charge on any atom is -0.445 e. The van der Waals surface area contributed by atoms with Crippen LogP contribution in [0.2, 0.25) is 0 Å². The van der Waals surface area contributed by atoms with E-state index in [1.54, 1.807) is 0 Å². The normalized spacial score (nSPS) is 27.2. The fourth-order valence-corrected chi connectivity index (χ4v) is 3.40. The number of nitrogens with one attached hydrogen (secondary N) is 1. The molecule has 3 heterocycles. The fourth-order valence-electron chi connectivity index (χ4n) is 3.40. The summed E-state index contributed by atoms with van der Waals surface area (Å²) in [5.41, 5.74) is 1.82. The number of alkyl carbamates (subject to hydrolysis) is 1. The van der Waals surface area contributed by atoms with Gasteiger partial charge in [-0.3, -0.25) is 0 Å². The smallest absolute Gasteiger partial charge is 0.407 e. The molecule has 0 unspecified atom stereocenters. The fraction of sp³-hybridized carbons (Fsp3) is 0.409. The molecule has 1 amide bonds. The lowest BCUT2D eigenvalue weighted by atomic mass is 9.90. The van der Waals surface area contributed by atoms with Crippen molar-refractivity contribution in [3.8, 4) is 0 Å². The third-order valence-electron chi connectivity index (χ3n) is 5.08. The Morgan fingerprint density at radius 1 is 0.964 bits per heavy atom. The number of ether oxygens (including phenoxy) is 4. The first-order valence-corrected chi connectivity index (χ1v) is 9.50. The first-order valence-electron chi connectivity index (χ1n) is 9.50. The van der Waals surface area contributed by atoms with Crippen molar-refractivity contribution < 1.29 is 23.7 Å². The first kappa shape index (κ1) is 18.9. The topological polar surface area (TPSA) is 66.0 Å². The van der Waals surface area contributed by atoms with E-state index in [1.807, 2.05) is 60.7 Å². The zero-order valence-corrected chi connectivity index (χ0v) is 15.9. The van der Waals surface area contributed by atoms with Crippen molar-refractivity contribution in [1.82, 2.24) is 5.32 Å².